The molecule has 0 bridgehead atoms. The summed E-state index contributed by atoms with van der Waals surface area (Å²) in [6, 6.07) is 10.8. The number of ether oxygens (including phenoxy) is 4. The fraction of sp³-hybridized carbons (Fsp3) is 0.261. The fourth-order valence-electron chi connectivity index (χ4n) is 3.01. The summed E-state index contributed by atoms with van der Waals surface area (Å²) in [6.45, 7) is 3.93. The predicted octanol–water partition coefficient (Wildman–Crippen LogP) is 4.97. The standard InChI is InChI=1S/C23H25N3O6S/c1-6-32-23(28)26-21-18(14-9-7-13(2)8-10-14)24-22(33-21)25-20(27)15-11-16(29-3)19(31-5)17(12-15)30-4/h7-12H,6H2,1-5H3,(H,26,28)(H,24,25,27). The lowest BCUT2D eigenvalue weighted by Gasteiger charge is -2.13. The minimum absolute atomic E-state index is 0.231. The van der Waals surface area contributed by atoms with Crippen molar-refractivity contribution in [2.24, 2.45) is 0 Å². The highest BCUT2D eigenvalue weighted by Gasteiger charge is 2.20. The molecule has 174 valence electrons. The molecule has 1 aromatic heterocycles. The van der Waals surface area contributed by atoms with Gasteiger partial charge < -0.3 is 18.9 Å². The summed E-state index contributed by atoms with van der Waals surface area (Å²) in [5.41, 5.74) is 2.69. The maximum absolute atomic E-state index is 13.0. The lowest BCUT2D eigenvalue weighted by atomic mass is 10.1. The molecule has 0 saturated carbocycles. The molecule has 2 aromatic carbocycles. The first-order valence-electron chi connectivity index (χ1n) is 10.0. The normalized spacial score (nSPS) is 10.3. The summed E-state index contributed by atoms with van der Waals surface area (Å²) in [4.78, 5) is 29.5. The van der Waals surface area contributed by atoms with Gasteiger partial charge in [-0.25, -0.2) is 9.78 Å². The van der Waals surface area contributed by atoms with Gasteiger partial charge in [0.25, 0.3) is 5.91 Å². The Hall–Kier alpha value is -3.79. The van der Waals surface area contributed by atoms with Crippen LogP contribution in [0.15, 0.2) is 36.4 Å². The van der Waals surface area contributed by atoms with Gasteiger partial charge in [0.15, 0.2) is 16.6 Å². The second kappa shape index (κ2) is 10.7. The van der Waals surface area contributed by atoms with Crippen LogP contribution in [-0.2, 0) is 4.74 Å². The molecule has 1 heterocycles. The Bertz CT molecular complexity index is 1120. The minimum atomic E-state index is -0.600. The lowest BCUT2D eigenvalue weighted by Crippen LogP contribution is -2.13. The van der Waals surface area contributed by atoms with E-state index in [9.17, 15) is 9.59 Å². The van der Waals surface area contributed by atoms with E-state index in [0.29, 0.717) is 33.1 Å². The van der Waals surface area contributed by atoms with E-state index in [0.717, 1.165) is 22.5 Å². The van der Waals surface area contributed by atoms with E-state index in [-0.39, 0.29) is 12.2 Å². The Morgan fingerprint density at radius 2 is 1.61 bits per heavy atom. The lowest BCUT2D eigenvalue weighted by molar-refractivity contribution is 0.102. The van der Waals surface area contributed by atoms with E-state index in [1.54, 1.807) is 19.1 Å². The molecule has 2 amide bonds. The van der Waals surface area contributed by atoms with Crippen LogP contribution >= 0.6 is 11.3 Å². The van der Waals surface area contributed by atoms with Gasteiger partial charge in [0.2, 0.25) is 5.75 Å². The zero-order chi connectivity index (χ0) is 24.0. The topological polar surface area (TPSA) is 108 Å². The molecule has 3 aromatic rings. The molecule has 0 aliphatic heterocycles. The molecule has 0 saturated heterocycles. The highest BCUT2D eigenvalue weighted by atomic mass is 32.1. The van der Waals surface area contributed by atoms with Crippen molar-refractivity contribution in [3.8, 4) is 28.5 Å². The van der Waals surface area contributed by atoms with E-state index in [1.807, 2.05) is 31.2 Å². The van der Waals surface area contributed by atoms with Crippen LogP contribution in [0.2, 0.25) is 0 Å². The van der Waals surface area contributed by atoms with Crippen molar-refractivity contribution in [2.75, 3.05) is 38.6 Å². The molecule has 0 aliphatic carbocycles. The molecule has 0 fully saturated rings. The first-order chi connectivity index (χ1) is 15.9. The van der Waals surface area contributed by atoms with Crippen molar-refractivity contribution < 1.29 is 28.5 Å². The first kappa shape index (κ1) is 23.9. The Morgan fingerprint density at radius 1 is 0.970 bits per heavy atom. The van der Waals surface area contributed by atoms with Crippen LogP contribution in [0.25, 0.3) is 11.3 Å². The summed E-state index contributed by atoms with van der Waals surface area (Å²) in [5.74, 6) is 0.659. The number of anilines is 2. The molecular weight excluding hydrogens is 446 g/mol. The number of hydrogen-bond donors (Lipinski definition) is 2. The molecule has 0 spiro atoms. The molecule has 0 atom stereocenters. The summed E-state index contributed by atoms with van der Waals surface area (Å²) in [7, 11) is 4.43. The van der Waals surface area contributed by atoms with Crippen molar-refractivity contribution in [2.45, 2.75) is 13.8 Å². The molecule has 0 radical (unpaired) electrons. The van der Waals surface area contributed by atoms with E-state index < -0.39 is 12.0 Å². The molecule has 0 aliphatic rings. The number of thiazole rings is 1. The van der Waals surface area contributed by atoms with Gasteiger partial charge >= 0.3 is 6.09 Å². The molecule has 33 heavy (non-hydrogen) atoms. The van der Waals surface area contributed by atoms with Gasteiger partial charge in [-0.3, -0.25) is 15.4 Å². The number of carbonyl (C=O) groups excluding carboxylic acids is 2. The highest BCUT2D eigenvalue weighted by molar-refractivity contribution is 7.20. The number of aromatic nitrogens is 1. The predicted molar refractivity (Wildman–Crippen MR) is 127 cm³/mol. The summed E-state index contributed by atoms with van der Waals surface area (Å²) in [6.07, 6.45) is -0.600. The van der Waals surface area contributed by atoms with Gasteiger partial charge in [-0.1, -0.05) is 41.2 Å². The quantitative estimate of drug-likeness (QED) is 0.478. The number of amides is 2. The zero-order valence-electron chi connectivity index (χ0n) is 19.0. The summed E-state index contributed by atoms with van der Waals surface area (Å²) >= 11 is 1.12. The Balaban J connectivity index is 1.94. The molecule has 0 unspecified atom stereocenters. The smallest absolute Gasteiger partial charge is 0.412 e. The average molecular weight is 472 g/mol. The third kappa shape index (κ3) is 5.53. The van der Waals surface area contributed by atoms with Crippen LogP contribution < -0.4 is 24.8 Å². The van der Waals surface area contributed by atoms with Crippen molar-refractivity contribution in [1.29, 1.82) is 0 Å². The largest absolute Gasteiger partial charge is 0.493 e. The number of carbonyl (C=O) groups is 2. The number of methoxy groups -OCH3 is 3. The molecule has 2 N–H and O–H groups in total. The van der Waals surface area contributed by atoms with Crippen molar-refractivity contribution >= 4 is 33.5 Å². The number of rotatable bonds is 8. The van der Waals surface area contributed by atoms with E-state index in [4.69, 9.17) is 18.9 Å². The SMILES string of the molecule is CCOC(=O)Nc1sc(NC(=O)c2cc(OC)c(OC)c(OC)c2)nc1-c1ccc(C)cc1. The molecular formula is C23H25N3O6S. The van der Waals surface area contributed by atoms with Gasteiger partial charge in [-0.05, 0) is 26.0 Å². The maximum atomic E-state index is 13.0. The zero-order valence-corrected chi connectivity index (χ0v) is 19.8. The van der Waals surface area contributed by atoms with Crippen molar-refractivity contribution in [1.82, 2.24) is 4.98 Å². The van der Waals surface area contributed by atoms with Crippen molar-refractivity contribution in [3.63, 3.8) is 0 Å². The van der Waals surface area contributed by atoms with Gasteiger partial charge in [0.05, 0.1) is 27.9 Å². The second-order valence-electron chi connectivity index (χ2n) is 6.78. The van der Waals surface area contributed by atoms with Crippen LogP contribution in [0, 0.1) is 6.92 Å². The number of benzene rings is 2. The Morgan fingerprint density at radius 3 is 2.15 bits per heavy atom. The second-order valence-corrected chi connectivity index (χ2v) is 7.78. The van der Waals surface area contributed by atoms with Gasteiger partial charge in [0, 0.05) is 11.1 Å². The summed E-state index contributed by atoms with van der Waals surface area (Å²) in [5, 5.41) is 6.22. The van der Waals surface area contributed by atoms with Crippen LogP contribution in [0.3, 0.4) is 0 Å². The van der Waals surface area contributed by atoms with Gasteiger partial charge in [0.1, 0.15) is 10.7 Å². The van der Waals surface area contributed by atoms with Gasteiger partial charge in [-0.2, -0.15) is 0 Å². The summed E-state index contributed by atoms with van der Waals surface area (Å²) < 4.78 is 20.9. The van der Waals surface area contributed by atoms with Gasteiger partial charge in [-0.15, -0.1) is 0 Å². The van der Waals surface area contributed by atoms with E-state index >= 15 is 0 Å². The monoisotopic (exact) mass is 471 g/mol. The number of hydrogen-bond acceptors (Lipinski definition) is 8. The van der Waals surface area contributed by atoms with E-state index in [1.165, 1.54) is 21.3 Å². The fourth-order valence-corrected chi connectivity index (χ4v) is 3.88. The third-order valence-electron chi connectivity index (χ3n) is 4.59. The molecule has 3 rings (SSSR count). The average Bonchev–Trinajstić information content (AvgIpc) is 3.20. The number of nitrogens with zero attached hydrogens (tertiary/aromatic N) is 1. The third-order valence-corrected chi connectivity index (χ3v) is 5.48. The first-order valence-corrected chi connectivity index (χ1v) is 10.8. The van der Waals surface area contributed by atoms with Crippen molar-refractivity contribution in [3.05, 3.63) is 47.5 Å². The number of aryl methyl sites for hydroxylation is 1. The number of nitrogens with one attached hydrogen (secondary N) is 2. The van der Waals surface area contributed by atoms with E-state index in [2.05, 4.69) is 15.6 Å². The minimum Gasteiger partial charge on any atom is -0.493 e. The Labute approximate surface area is 195 Å². The Kier molecular flexibility index (Phi) is 7.73. The van der Waals surface area contributed by atoms with Crippen LogP contribution in [-0.4, -0.2) is 44.9 Å². The maximum Gasteiger partial charge on any atom is 0.412 e. The molecule has 9 nitrogen and oxygen atoms in total. The van der Waals surface area contributed by atoms with Crippen LogP contribution in [0.1, 0.15) is 22.8 Å². The van der Waals surface area contributed by atoms with Crippen LogP contribution in [0.5, 0.6) is 17.2 Å². The highest BCUT2D eigenvalue weighted by Crippen LogP contribution is 2.39. The van der Waals surface area contributed by atoms with Crippen LogP contribution in [0.4, 0.5) is 14.9 Å². The molecule has 10 heteroatoms.